The van der Waals surface area contributed by atoms with E-state index in [-0.39, 0.29) is 5.78 Å². The molecule has 13 heavy (non-hydrogen) atoms. The van der Waals surface area contributed by atoms with Gasteiger partial charge in [0.05, 0.1) is 0 Å². The van der Waals surface area contributed by atoms with E-state index in [0.29, 0.717) is 10.0 Å². The van der Waals surface area contributed by atoms with Crippen molar-refractivity contribution < 1.29 is 7.90 Å². The fraction of sp³-hybridized carbons (Fsp3) is 0.300. The van der Waals surface area contributed by atoms with Crippen molar-refractivity contribution in [2.75, 3.05) is 0 Å². The summed E-state index contributed by atoms with van der Waals surface area (Å²) < 4.78 is 11.7. The number of ketones is 1. The Morgan fingerprint density at radius 3 is 2.23 bits per heavy atom. The number of carbonyl (C=O) groups is 1. The maximum atomic E-state index is 11.0. The van der Waals surface area contributed by atoms with Crippen molar-refractivity contribution in [3.8, 4) is 0 Å². The quantitative estimate of drug-likeness (QED) is 0.631. The van der Waals surface area contributed by atoms with Crippen LogP contribution in [0.3, 0.4) is 0 Å². The summed E-state index contributed by atoms with van der Waals surface area (Å²) >= 11 is -2.04. The average Bonchev–Trinajstić information content (AvgIpc) is 2.04. The summed E-state index contributed by atoms with van der Waals surface area (Å²) in [6.07, 6.45) is 0. The fourth-order valence-electron chi connectivity index (χ4n) is 1.07. The van der Waals surface area contributed by atoms with Crippen LogP contribution in [0.25, 0.3) is 0 Å². The fourth-order valence-corrected chi connectivity index (χ4v) is 2.96. The van der Waals surface area contributed by atoms with Crippen molar-refractivity contribution in [1.29, 1.82) is 0 Å². The van der Waals surface area contributed by atoms with Gasteiger partial charge in [0.15, 0.2) is 0 Å². The van der Waals surface area contributed by atoms with Crippen molar-refractivity contribution in [1.82, 2.24) is 0 Å². The van der Waals surface area contributed by atoms with Crippen LogP contribution >= 0.6 is 0 Å². The normalized spacial score (nSPS) is 10.4. The summed E-state index contributed by atoms with van der Waals surface area (Å²) in [6, 6.07) is 7.34. The number of hydrogen-bond acceptors (Lipinski definition) is 2. The molecule has 0 aromatic heterocycles. The molecule has 0 saturated heterocycles. The second kappa shape index (κ2) is 4.64. The van der Waals surface area contributed by atoms with Gasteiger partial charge in [0.1, 0.15) is 0 Å². The van der Waals surface area contributed by atoms with Gasteiger partial charge < -0.3 is 0 Å². The van der Waals surface area contributed by atoms with Crippen LogP contribution in [-0.4, -0.2) is 25.3 Å². The van der Waals surface area contributed by atoms with Crippen molar-refractivity contribution in [3.05, 3.63) is 35.4 Å². The molecule has 2 nitrogen and oxygen atoms in total. The van der Waals surface area contributed by atoms with E-state index in [0.717, 1.165) is 5.56 Å². The van der Waals surface area contributed by atoms with Gasteiger partial charge in [-0.3, -0.25) is 0 Å². The summed E-state index contributed by atoms with van der Waals surface area (Å²) in [7, 11) is 0. The second-order valence-electron chi connectivity index (χ2n) is 2.97. The summed E-state index contributed by atoms with van der Waals surface area (Å²) in [4.78, 5) is 12.7. The van der Waals surface area contributed by atoms with Gasteiger partial charge in [0.2, 0.25) is 0 Å². The average molecular weight is 292 g/mol. The Balaban J connectivity index is 2.81. The van der Waals surface area contributed by atoms with E-state index in [1.165, 1.54) is 0 Å². The van der Waals surface area contributed by atoms with Crippen molar-refractivity contribution in [2.24, 2.45) is 0 Å². The minimum atomic E-state index is -2.04. The van der Waals surface area contributed by atoms with Gasteiger partial charge >= 0.3 is 85.0 Å². The van der Waals surface area contributed by atoms with Gasteiger partial charge in [-0.2, -0.15) is 0 Å². The maximum absolute atomic E-state index is 11.0. The number of rotatable bonds is 3. The molecular formula is C10H12O2Te. The molecule has 0 unspecified atom stereocenters. The van der Waals surface area contributed by atoms with Gasteiger partial charge in [0.25, 0.3) is 0 Å². The van der Waals surface area contributed by atoms with E-state index >= 15 is 0 Å². The molecule has 0 aliphatic carbocycles. The molecule has 70 valence electrons. The first kappa shape index (κ1) is 10.6. The summed E-state index contributed by atoms with van der Waals surface area (Å²) in [5, 5.41) is 0. The number of Topliss-reactive ketones (excluding diaryl/α,β-unsaturated/α-hetero) is 1. The zero-order chi connectivity index (χ0) is 9.84. The van der Waals surface area contributed by atoms with Crippen LogP contribution in [0.2, 0.25) is 4.97 Å². The first-order valence-electron chi connectivity index (χ1n) is 3.99. The van der Waals surface area contributed by atoms with Gasteiger partial charge in [-0.25, -0.2) is 0 Å². The summed E-state index contributed by atoms with van der Waals surface area (Å²) in [5.74, 6) is 0.0710. The zero-order valence-electron chi connectivity index (χ0n) is 7.74. The van der Waals surface area contributed by atoms with E-state index in [9.17, 15) is 7.90 Å². The molecule has 0 aliphatic rings. The van der Waals surface area contributed by atoms with E-state index in [4.69, 9.17) is 0 Å². The zero-order valence-corrected chi connectivity index (χ0v) is 10.1. The Labute approximate surface area is 85.0 Å². The van der Waals surface area contributed by atoms with Crippen LogP contribution in [0, 0.1) is 0 Å². The molecule has 0 atom stereocenters. The second-order valence-corrected chi connectivity index (χ2v) is 7.07. The van der Waals surface area contributed by atoms with Gasteiger partial charge in [-0.15, -0.1) is 0 Å². The van der Waals surface area contributed by atoms with E-state index in [1.807, 2.05) is 17.1 Å². The van der Waals surface area contributed by atoms with E-state index in [2.05, 4.69) is 0 Å². The molecule has 0 spiro atoms. The third-order valence-corrected chi connectivity index (χ3v) is 3.84. The van der Waals surface area contributed by atoms with Gasteiger partial charge in [0, 0.05) is 0 Å². The number of benzene rings is 1. The summed E-state index contributed by atoms with van der Waals surface area (Å²) in [6.45, 7) is 1.54. The Morgan fingerprint density at radius 2 is 1.85 bits per heavy atom. The van der Waals surface area contributed by atoms with Crippen LogP contribution in [-0.2, 0) is 7.57 Å². The molecule has 3 heteroatoms. The topological polar surface area (TPSA) is 34.1 Å². The van der Waals surface area contributed by atoms with Crippen molar-refractivity contribution in [3.63, 3.8) is 0 Å². The molecule has 0 fully saturated rings. The van der Waals surface area contributed by atoms with E-state index < -0.39 is 19.5 Å². The number of hydrogen-bond donors (Lipinski definition) is 0. The molecule has 0 bridgehead atoms. The Kier molecular flexibility index (Phi) is 3.77. The monoisotopic (exact) mass is 294 g/mol. The van der Waals surface area contributed by atoms with Crippen LogP contribution < -0.4 is 0 Å². The molecule has 0 radical (unpaired) electrons. The standard InChI is InChI=1S/C10H12O2Te/c1-8(11)10-5-3-9(4-6-10)7-13(2)12/h3-6H,7H2,1-2H3. The first-order valence-corrected chi connectivity index (χ1v) is 8.92. The predicted molar refractivity (Wildman–Crippen MR) is 52.5 cm³/mol. The summed E-state index contributed by atoms with van der Waals surface area (Å²) in [5.41, 5.74) is 1.78. The molecule has 0 amide bonds. The SMILES string of the molecule is CC(=O)c1ccc(C[Te](C)=O)cc1. The molecule has 1 rings (SSSR count). The third-order valence-electron chi connectivity index (χ3n) is 1.73. The molecule has 0 aliphatic heterocycles. The van der Waals surface area contributed by atoms with Crippen LogP contribution in [0.4, 0.5) is 0 Å². The molecular weight excluding hydrogens is 280 g/mol. The predicted octanol–water partition coefficient (Wildman–Crippen LogP) is 2.02. The van der Waals surface area contributed by atoms with Crippen LogP contribution in [0.5, 0.6) is 0 Å². The molecule has 1 aromatic rings. The minimum absolute atomic E-state index is 0.0710. The molecule has 0 saturated carbocycles. The van der Waals surface area contributed by atoms with Crippen LogP contribution in [0.1, 0.15) is 22.8 Å². The Morgan fingerprint density at radius 1 is 1.31 bits per heavy atom. The van der Waals surface area contributed by atoms with Gasteiger partial charge in [-0.1, -0.05) is 0 Å². The molecule has 0 heterocycles. The third kappa shape index (κ3) is 3.38. The molecule has 1 aromatic carbocycles. The van der Waals surface area contributed by atoms with Crippen molar-refractivity contribution >= 4 is 25.3 Å². The van der Waals surface area contributed by atoms with E-state index in [1.54, 1.807) is 19.1 Å². The Bertz CT molecular complexity index is 327. The van der Waals surface area contributed by atoms with Gasteiger partial charge in [-0.05, 0) is 0 Å². The Hall–Kier alpha value is -0.520. The van der Waals surface area contributed by atoms with Crippen molar-refractivity contribution in [2.45, 2.75) is 16.4 Å². The van der Waals surface area contributed by atoms with Crippen LogP contribution in [0.15, 0.2) is 24.3 Å². The molecule has 0 N–H and O–H groups in total. The number of carbonyl (C=O) groups excluding carboxylic acids is 1. The first-order chi connectivity index (χ1) is 6.09.